The van der Waals surface area contributed by atoms with Gasteiger partial charge in [-0.05, 0) is 42.6 Å². The van der Waals surface area contributed by atoms with E-state index in [9.17, 15) is 0 Å². The zero-order valence-electron chi connectivity index (χ0n) is 14.7. The highest BCUT2D eigenvalue weighted by molar-refractivity contribution is 7.99. The highest BCUT2D eigenvalue weighted by Gasteiger charge is 2.23. The van der Waals surface area contributed by atoms with E-state index in [1.54, 1.807) is 29.4 Å². The third-order valence-corrected chi connectivity index (χ3v) is 7.10. The summed E-state index contributed by atoms with van der Waals surface area (Å²) in [7, 11) is 0. The average Bonchev–Trinajstić information content (AvgIpc) is 3.08. The highest BCUT2D eigenvalue weighted by atomic mass is 32.2. The first kappa shape index (κ1) is 16.2. The van der Waals surface area contributed by atoms with Crippen LogP contribution < -0.4 is 0 Å². The fraction of sp³-hybridized carbons (Fsp3) is 0.286. The molecule has 5 heteroatoms. The SMILES string of the molecule is CCSc1ncnc2c1sc1nc(-c3ccccc3)c3c(c12)CCCC3. The van der Waals surface area contributed by atoms with Gasteiger partial charge >= 0.3 is 0 Å². The molecule has 0 N–H and O–H groups in total. The molecule has 1 aliphatic carbocycles. The van der Waals surface area contributed by atoms with Gasteiger partial charge in [-0.3, -0.25) is 0 Å². The fourth-order valence-corrected chi connectivity index (χ4v) is 5.88. The van der Waals surface area contributed by atoms with Crippen molar-refractivity contribution >= 4 is 43.5 Å². The Morgan fingerprint density at radius 3 is 2.65 bits per heavy atom. The molecule has 0 saturated carbocycles. The first-order valence-corrected chi connectivity index (χ1v) is 10.9. The lowest BCUT2D eigenvalue weighted by atomic mass is 9.87. The maximum absolute atomic E-state index is 5.14. The van der Waals surface area contributed by atoms with Crippen molar-refractivity contribution in [2.24, 2.45) is 0 Å². The number of thioether (sulfide) groups is 1. The van der Waals surface area contributed by atoms with Crippen molar-refractivity contribution in [2.45, 2.75) is 37.6 Å². The summed E-state index contributed by atoms with van der Waals surface area (Å²) in [5.74, 6) is 1.02. The molecule has 4 aromatic rings. The van der Waals surface area contributed by atoms with Gasteiger partial charge in [0, 0.05) is 10.9 Å². The number of fused-ring (bicyclic) bond motifs is 5. The molecule has 0 fully saturated rings. The average molecular weight is 378 g/mol. The maximum atomic E-state index is 5.14. The number of thiophene rings is 1. The molecule has 3 heterocycles. The van der Waals surface area contributed by atoms with Crippen LogP contribution in [-0.4, -0.2) is 20.7 Å². The van der Waals surface area contributed by atoms with Crippen LogP contribution in [-0.2, 0) is 12.8 Å². The molecular formula is C21H19N3S2. The lowest BCUT2D eigenvalue weighted by Crippen LogP contribution is -2.07. The Bertz CT molecular complexity index is 1100. The van der Waals surface area contributed by atoms with Crippen molar-refractivity contribution in [1.29, 1.82) is 0 Å². The van der Waals surface area contributed by atoms with E-state index in [2.05, 4.69) is 47.2 Å². The predicted molar refractivity (Wildman–Crippen MR) is 111 cm³/mol. The molecule has 0 saturated heterocycles. The van der Waals surface area contributed by atoms with E-state index in [4.69, 9.17) is 4.98 Å². The predicted octanol–water partition coefficient (Wildman–Crippen LogP) is 5.90. The standard InChI is InChI=1S/C21H19N3S2/c1-2-25-21-19-18(22-12-23-21)16-14-10-6-7-11-15(14)17(24-20(16)26-19)13-8-4-3-5-9-13/h3-5,8-9,12H,2,6-7,10-11H2,1H3. The third kappa shape index (κ3) is 2.53. The minimum Gasteiger partial charge on any atom is -0.236 e. The van der Waals surface area contributed by atoms with Crippen LogP contribution in [0, 0.1) is 0 Å². The summed E-state index contributed by atoms with van der Waals surface area (Å²) in [6.45, 7) is 2.17. The molecule has 0 amide bonds. The topological polar surface area (TPSA) is 38.7 Å². The Morgan fingerprint density at radius 1 is 1.04 bits per heavy atom. The van der Waals surface area contributed by atoms with Crippen LogP contribution in [0.5, 0.6) is 0 Å². The largest absolute Gasteiger partial charge is 0.236 e. The third-order valence-electron chi connectivity index (χ3n) is 5.02. The maximum Gasteiger partial charge on any atom is 0.127 e. The number of hydrogen-bond donors (Lipinski definition) is 0. The van der Waals surface area contributed by atoms with Crippen molar-refractivity contribution in [3.63, 3.8) is 0 Å². The quantitative estimate of drug-likeness (QED) is 0.329. The van der Waals surface area contributed by atoms with E-state index in [0.29, 0.717) is 0 Å². The van der Waals surface area contributed by atoms with Gasteiger partial charge in [-0.1, -0.05) is 37.3 Å². The minimum absolute atomic E-state index is 1.02. The molecule has 0 aliphatic heterocycles. The molecule has 0 spiro atoms. The molecule has 1 aromatic carbocycles. The van der Waals surface area contributed by atoms with Gasteiger partial charge in [-0.2, -0.15) is 0 Å². The number of benzene rings is 1. The molecule has 3 nitrogen and oxygen atoms in total. The van der Waals surface area contributed by atoms with Gasteiger partial charge in [0.25, 0.3) is 0 Å². The molecule has 130 valence electrons. The van der Waals surface area contributed by atoms with E-state index >= 15 is 0 Å². The van der Waals surface area contributed by atoms with Gasteiger partial charge in [0.15, 0.2) is 0 Å². The lowest BCUT2D eigenvalue weighted by Gasteiger charge is -2.20. The zero-order valence-corrected chi connectivity index (χ0v) is 16.3. The van der Waals surface area contributed by atoms with Crippen LogP contribution >= 0.6 is 23.1 Å². The number of hydrogen-bond acceptors (Lipinski definition) is 5. The van der Waals surface area contributed by atoms with Crippen LogP contribution in [0.3, 0.4) is 0 Å². The van der Waals surface area contributed by atoms with Crippen LogP contribution in [0.25, 0.3) is 31.7 Å². The molecule has 0 unspecified atom stereocenters. The molecule has 0 radical (unpaired) electrons. The normalized spacial score (nSPS) is 14.0. The molecule has 0 atom stereocenters. The van der Waals surface area contributed by atoms with Gasteiger partial charge in [0.05, 0.1) is 15.9 Å². The molecule has 5 rings (SSSR count). The van der Waals surface area contributed by atoms with Crippen molar-refractivity contribution in [2.75, 3.05) is 5.75 Å². The van der Waals surface area contributed by atoms with E-state index < -0.39 is 0 Å². The van der Waals surface area contributed by atoms with Crippen LogP contribution in [0.4, 0.5) is 0 Å². The Balaban J connectivity index is 1.87. The molecule has 26 heavy (non-hydrogen) atoms. The summed E-state index contributed by atoms with van der Waals surface area (Å²) in [5, 5.41) is 2.37. The molecule has 0 bridgehead atoms. The summed E-state index contributed by atoms with van der Waals surface area (Å²) in [6.07, 6.45) is 6.45. The molecule has 1 aliphatic rings. The summed E-state index contributed by atoms with van der Waals surface area (Å²) in [6, 6.07) is 10.6. The van der Waals surface area contributed by atoms with Gasteiger partial charge < -0.3 is 0 Å². The van der Waals surface area contributed by atoms with Crippen LogP contribution in [0.2, 0.25) is 0 Å². The number of pyridine rings is 1. The van der Waals surface area contributed by atoms with Crippen molar-refractivity contribution in [3.8, 4) is 11.3 Å². The molecular weight excluding hydrogens is 358 g/mol. The first-order chi connectivity index (χ1) is 12.9. The van der Waals surface area contributed by atoms with E-state index in [-0.39, 0.29) is 0 Å². The van der Waals surface area contributed by atoms with E-state index in [1.807, 2.05) is 0 Å². The number of nitrogens with zero attached hydrogens (tertiary/aromatic N) is 3. The molecule has 3 aromatic heterocycles. The second-order valence-corrected chi connectivity index (χ2v) is 8.81. The Hall–Kier alpha value is -1.98. The minimum atomic E-state index is 1.02. The number of aryl methyl sites for hydroxylation is 1. The summed E-state index contributed by atoms with van der Waals surface area (Å²) in [4.78, 5) is 15.4. The van der Waals surface area contributed by atoms with Gasteiger partial charge in [-0.15, -0.1) is 23.1 Å². The van der Waals surface area contributed by atoms with Crippen molar-refractivity contribution < 1.29 is 0 Å². The Kier molecular flexibility index (Phi) is 4.14. The van der Waals surface area contributed by atoms with E-state index in [0.717, 1.165) is 39.7 Å². The van der Waals surface area contributed by atoms with E-state index in [1.165, 1.54) is 39.6 Å². The van der Waals surface area contributed by atoms with Gasteiger partial charge in [0.2, 0.25) is 0 Å². The van der Waals surface area contributed by atoms with Crippen molar-refractivity contribution in [1.82, 2.24) is 15.0 Å². The summed E-state index contributed by atoms with van der Waals surface area (Å²) in [5.41, 5.74) is 6.38. The summed E-state index contributed by atoms with van der Waals surface area (Å²) >= 11 is 3.54. The van der Waals surface area contributed by atoms with Crippen LogP contribution in [0.1, 0.15) is 30.9 Å². The monoisotopic (exact) mass is 377 g/mol. The zero-order chi connectivity index (χ0) is 17.5. The number of rotatable bonds is 3. The summed E-state index contributed by atoms with van der Waals surface area (Å²) < 4.78 is 1.19. The lowest BCUT2D eigenvalue weighted by molar-refractivity contribution is 0.689. The van der Waals surface area contributed by atoms with Crippen LogP contribution in [0.15, 0.2) is 41.7 Å². The van der Waals surface area contributed by atoms with Crippen molar-refractivity contribution in [3.05, 3.63) is 47.8 Å². The second kappa shape index (κ2) is 6.63. The smallest absolute Gasteiger partial charge is 0.127 e. The second-order valence-electron chi connectivity index (χ2n) is 6.56. The number of aromatic nitrogens is 3. The Morgan fingerprint density at radius 2 is 1.85 bits per heavy atom. The fourth-order valence-electron chi connectivity index (χ4n) is 3.91. The van der Waals surface area contributed by atoms with Gasteiger partial charge in [-0.25, -0.2) is 15.0 Å². The van der Waals surface area contributed by atoms with Gasteiger partial charge in [0.1, 0.15) is 16.2 Å². The Labute approximate surface area is 160 Å². The highest BCUT2D eigenvalue weighted by Crippen LogP contribution is 2.43. The first-order valence-electron chi connectivity index (χ1n) is 9.14.